The average Bonchev–Trinajstić information content (AvgIpc) is 2.41. The summed E-state index contributed by atoms with van der Waals surface area (Å²) in [5.41, 5.74) is 1.41. The minimum absolute atomic E-state index is 0.0181. The molecule has 1 N–H and O–H groups in total. The van der Waals surface area contributed by atoms with Gasteiger partial charge in [0.1, 0.15) is 18.2 Å². The Hall–Kier alpha value is -1.88. The van der Waals surface area contributed by atoms with Crippen molar-refractivity contribution in [2.24, 2.45) is 0 Å². The summed E-state index contributed by atoms with van der Waals surface area (Å²) in [7, 11) is 0. The van der Waals surface area contributed by atoms with Crippen LogP contribution in [0.15, 0.2) is 46.9 Å². The molecule has 2 aromatic rings. The van der Waals surface area contributed by atoms with E-state index in [1.54, 1.807) is 30.3 Å². The molecule has 20 heavy (non-hydrogen) atoms. The Balaban J connectivity index is 2.00. The van der Waals surface area contributed by atoms with Crippen molar-refractivity contribution in [2.75, 3.05) is 0 Å². The standard InChI is InChI=1S/C15H12BrFO3/c16-14-6-3-12(17)8-11(14)9-20-13-4-1-10(2-5-13)7-15(18)19/h1-6,8H,7,9H2,(H,18,19). The fourth-order valence-electron chi connectivity index (χ4n) is 1.69. The Kier molecular flexibility index (Phi) is 4.74. The van der Waals surface area contributed by atoms with Crippen molar-refractivity contribution in [3.05, 3.63) is 63.9 Å². The molecule has 0 saturated carbocycles. The van der Waals surface area contributed by atoms with Crippen LogP contribution >= 0.6 is 15.9 Å². The highest BCUT2D eigenvalue weighted by molar-refractivity contribution is 9.10. The van der Waals surface area contributed by atoms with Crippen molar-refractivity contribution in [3.8, 4) is 5.75 Å². The molecule has 0 bridgehead atoms. The summed E-state index contributed by atoms with van der Waals surface area (Å²) in [6, 6.07) is 11.2. The first-order chi connectivity index (χ1) is 9.54. The molecule has 0 fully saturated rings. The van der Waals surface area contributed by atoms with E-state index in [-0.39, 0.29) is 18.8 Å². The lowest BCUT2D eigenvalue weighted by atomic mass is 10.1. The third-order valence-electron chi connectivity index (χ3n) is 2.68. The molecule has 0 spiro atoms. The fraction of sp³-hybridized carbons (Fsp3) is 0.133. The lowest BCUT2D eigenvalue weighted by molar-refractivity contribution is -0.136. The Morgan fingerprint density at radius 3 is 2.55 bits per heavy atom. The van der Waals surface area contributed by atoms with Gasteiger partial charge in [0.2, 0.25) is 0 Å². The van der Waals surface area contributed by atoms with Crippen molar-refractivity contribution in [1.82, 2.24) is 0 Å². The van der Waals surface area contributed by atoms with E-state index in [1.165, 1.54) is 12.1 Å². The number of hydrogen-bond donors (Lipinski definition) is 1. The first-order valence-electron chi connectivity index (χ1n) is 5.92. The zero-order valence-corrected chi connectivity index (χ0v) is 12.1. The molecule has 0 atom stereocenters. The summed E-state index contributed by atoms with van der Waals surface area (Å²) in [4.78, 5) is 10.6. The van der Waals surface area contributed by atoms with Gasteiger partial charge >= 0.3 is 5.97 Å². The third kappa shape index (κ3) is 4.06. The van der Waals surface area contributed by atoms with E-state index >= 15 is 0 Å². The molecule has 2 aromatic carbocycles. The Morgan fingerprint density at radius 1 is 1.20 bits per heavy atom. The second kappa shape index (κ2) is 6.52. The Morgan fingerprint density at radius 2 is 1.90 bits per heavy atom. The predicted octanol–water partition coefficient (Wildman–Crippen LogP) is 3.79. The highest BCUT2D eigenvalue weighted by Gasteiger charge is 2.04. The zero-order chi connectivity index (χ0) is 14.5. The normalized spacial score (nSPS) is 10.3. The Bertz CT molecular complexity index is 611. The monoisotopic (exact) mass is 338 g/mol. The predicted molar refractivity (Wildman–Crippen MR) is 76.2 cm³/mol. The summed E-state index contributed by atoms with van der Waals surface area (Å²) < 4.78 is 19.4. The number of carboxylic acids is 1. The van der Waals surface area contributed by atoms with Gasteiger partial charge in [-0.05, 0) is 35.9 Å². The van der Waals surface area contributed by atoms with Crippen LogP contribution in [0.25, 0.3) is 0 Å². The van der Waals surface area contributed by atoms with Gasteiger partial charge in [-0.3, -0.25) is 4.79 Å². The maximum Gasteiger partial charge on any atom is 0.307 e. The Labute approximate surface area is 124 Å². The number of halogens is 2. The van der Waals surface area contributed by atoms with Crippen LogP contribution in [-0.4, -0.2) is 11.1 Å². The second-order valence-corrected chi connectivity index (χ2v) is 5.09. The highest BCUT2D eigenvalue weighted by Crippen LogP contribution is 2.20. The number of aliphatic carboxylic acids is 1. The molecule has 0 heterocycles. The third-order valence-corrected chi connectivity index (χ3v) is 3.45. The summed E-state index contributed by atoms with van der Waals surface area (Å²) >= 11 is 3.33. The van der Waals surface area contributed by atoms with Gasteiger partial charge in [-0.1, -0.05) is 28.1 Å². The van der Waals surface area contributed by atoms with Crippen LogP contribution in [0.4, 0.5) is 4.39 Å². The van der Waals surface area contributed by atoms with E-state index in [2.05, 4.69) is 15.9 Å². The second-order valence-electron chi connectivity index (χ2n) is 4.24. The molecule has 2 rings (SSSR count). The van der Waals surface area contributed by atoms with Gasteiger partial charge in [0.25, 0.3) is 0 Å². The first kappa shape index (κ1) is 14.5. The molecule has 0 aliphatic heterocycles. The average molecular weight is 339 g/mol. The molecule has 0 aromatic heterocycles. The van der Waals surface area contributed by atoms with Crippen LogP contribution in [0.3, 0.4) is 0 Å². The van der Waals surface area contributed by atoms with Gasteiger partial charge in [-0.25, -0.2) is 4.39 Å². The smallest absolute Gasteiger partial charge is 0.307 e. The van der Waals surface area contributed by atoms with Crippen molar-refractivity contribution >= 4 is 21.9 Å². The van der Waals surface area contributed by atoms with Gasteiger partial charge in [0, 0.05) is 10.0 Å². The topological polar surface area (TPSA) is 46.5 Å². The number of ether oxygens (including phenoxy) is 1. The molecule has 0 unspecified atom stereocenters. The fourth-order valence-corrected chi connectivity index (χ4v) is 2.05. The number of carbonyl (C=O) groups is 1. The maximum atomic E-state index is 13.1. The molecule has 0 aliphatic carbocycles. The van der Waals surface area contributed by atoms with Crippen LogP contribution in [0.1, 0.15) is 11.1 Å². The molecular weight excluding hydrogens is 327 g/mol. The van der Waals surface area contributed by atoms with E-state index < -0.39 is 5.97 Å². The van der Waals surface area contributed by atoms with Crippen molar-refractivity contribution in [1.29, 1.82) is 0 Å². The van der Waals surface area contributed by atoms with Crippen molar-refractivity contribution < 1.29 is 19.0 Å². The van der Waals surface area contributed by atoms with Gasteiger partial charge in [-0.2, -0.15) is 0 Å². The van der Waals surface area contributed by atoms with E-state index in [0.29, 0.717) is 16.9 Å². The van der Waals surface area contributed by atoms with E-state index in [1.807, 2.05) is 0 Å². The molecule has 3 nitrogen and oxygen atoms in total. The van der Waals surface area contributed by atoms with Gasteiger partial charge < -0.3 is 9.84 Å². The minimum atomic E-state index is -0.873. The number of rotatable bonds is 5. The molecule has 0 amide bonds. The van der Waals surface area contributed by atoms with E-state index in [0.717, 1.165) is 4.47 Å². The van der Waals surface area contributed by atoms with Gasteiger partial charge in [0.05, 0.1) is 6.42 Å². The summed E-state index contributed by atoms with van der Waals surface area (Å²) in [5, 5.41) is 8.67. The minimum Gasteiger partial charge on any atom is -0.489 e. The summed E-state index contributed by atoms with van der Waals surface area (Å²) in [5.74, 6) is -0.582. The molecule has 0 aliphatic rings. The molecule has 0 saturated heterocycles. The summed E-state index contributed by atoms with van der Waals surface area (Å²) in [6.07, 6.45) is -0.0181. The zero-order valence-electron chi connectivity index (χ0n) is 10.5. The highest BCUT2D eigenvalue weighted by atomic mass is 79.9. The van der Waals surface area contributed by atoms with Crippen LogP contribution in [-0.2, 0) is 17.8 Å². The first-order valence-corrected chi connectivity index (χ1v) is 6.71. The van der Waals surface area contributed by atoms with Crippen LogP contribution < -0.4 is 4.74 Å². The number of hydrogen-bond acceptors (Lipinski definition) is 2. The van der Waals surface area contributed by atoms with Crippen molar-refractivity contribution in [3.63, 3.8) is 0 Å². The molecule has 5 heteroatoms. The van der Waals surface area contributed by atoms with Crippen LogP contribution in [0, 0.1) is 5.82 Å². The van der Waals surface area contributed by atoms with Crippen LogP contribution in [0.5, 0.6) is 5.75 Å². The summed E-state index contributed by atoms with van der Waals surface area (Å²) in [6.45, 7) is 0.233. The van der Waals surface area contributed by atoms with Gasteiger partial charge in [0.15, 0.2) is 0 Å². The van der Waals surface area contributed by atoms with Crippen molar-refractivity contribution in [2.45, 2.75) is 13.0 Å². The van der Waals surface area contributed by atoms with Gasteiger partial charge in [-0.15, -0.1) is 0 Å². The number of carboxylic acid groups (broad SMARTS) is 1. The molecular formula is C15H12BrFO3. The molecule has 104 valence electrons. The SMILES string of the molecule is O=C(O)Cc1ccc(OCc2cc(F)ccc2Br)cc1. The lowest BCUT2D eigenvalue weighted by Gasteiger charge is -2.08. The van der Waals surface area contributed by atoms with Crippen LogP contribution in [0.2, 0.25) is 0 Å². The quantitative estimate of drug-likeness (QED) is 0.901. The van der Waals surface area contributed by atoms with E-state index in [4.69, 9.17) is 9.84 Å². The van der Waals surface area contributed by atoms with E-state index in [9.17, 15) is 9.18 Å². The molecule has 0 radical (unpaired) electrons. The number of benzene rings is 2. The largest absolute Gasteiger partial charge is 0.489 e. The maximum absolute atomic E-state index is 13.1. The lowest BCUT2D eigenvalue weighted by Crippen LogP contribution is -2.00.